The first-order valence-corrected chi connectivity index (χ1v) is 4.20. The van der Waals surface area contributed by atoms with Crippen LogP contribution in [0.3, 0.4) is 0 Å². The second-order valence-corrected chi connectivity index (χ2v) is 2.83. The second-order valence-electron chi connectivity index (χ2n) is 2.83. The molecule has 0 saturated heterocycles. The molecule has 0 unspecified atom stereocenters. The van der Waals surface area contributed by atoms with Crippen molar-refractivity contribution in [3.05, 3.63) is 54.4 Å². The monoisotopic (exact) mass is 206 g/mol. The fourth-order valence-electron chi connectivity index (χ4n) is 1.09. The summed E-state index contributed by atoms with van der Waals surface area (Å²) in [6.07, 6.45) is 3.97. The average molecular weight is 206 g/mol. The van der Waals surface area contributed by atoms with Gasteiger partial charge < -0.3 is 4.74 Å². The molecule has 0 saturated carbocycles. The third-order valence-corrected chi connectivity index (χ3v) is 1.66. The van der Waals surface area contributed by atoms with Crippen LogP contribution in [0.1, 0.15) is 0 Å². The van der Waals surface area contributed by atoms with E-state index in [0.29, 0.717) is 5.75 Å². The lowest BCUT2D eigenvalue weighted by molar-refractivity contribution is 0.466. The number of pyridine rings is 1. The molecule has 1 aromatic carbocycles. The predicted molar refractivity (Wildman–Crippen MR) is 49.5 cm³/mol. The first-order valence-electron chi connectivity index (χ1n) is 4.20. The van der Waals surface area contributed by atoms with Gasteiger partial charge in [0.2, 0.25) is 0 Å². The van der Waals surface area contributed by atoms with Gasteiger partial charge in [0.15, 0.2) is 0 Å². The lowest BCUT2D eigenvalue weighted by Crippen LogP contribution is -1.87. The molecule has 0 fully saturated rings. The number of hydrogen-bond donors (Lipinski definition) is 0. The fraction of sp³-hybridized carbons (Fsp3) is 0. The minimum absolute atomic E-state index is 0.0977. The van der Waals surface area contributed by atoms with Crippen LogP contribution in [0.15, 0.2) is 36.5 Å². The highest BCUT2D eigenvalue weighted by Crippen LogP contribution is 2.21. The molecule has 15 heavy (non-hydrogen) atoms. The van der Waals surface area contributed by atoms with E-state index in [4.69, 9.17) is 4.74 Å². The maximum absolute atomic E-state index is 12.8. The Morgan fingerprint density at radius 2 is 1.80 bits per heavy atom. The number of aromatic nitrogens is 1. The molecule has 2 rings (SSSR count). The zero-order valence-corrected chi connectivity index (χ0v) is 7.58. The normalized spacial score (nSPS) is 10.0. The molecule has 0 aliphatic carbocycles. The summed E-state index contributed by atoms with van der Waals surface area (Å²) in [5, 5.41) is 0. The summed E-state index contributed by atoms with van der Waals surface area (Å²) in [6, 6.07) is 6.12. The van der Waals surface area contributed by atoms with Crippen molar-refractivity contribution in [1.29, 1.82) is 0 Å². The summed E-state index contributed by atoms with van der Waals surface area (Å²) >= 11 is 0. The average Bonchev–Trinajstić information content (AvgIpc) is 2.17. The van der Waals surface area contributed by atoms with Crippen LogP contribution in [0.25, 0.3) is 0 Å². The minimum atomic E-state index is -0.680. The van der Waals surface area contributed by atoms with Gasteiger partial charge in [-0.15, -0.1) is 0 Å². The standard InChI is InChI=1S/C11H6F2NO/c12-8-4-9(13)6-11(5-8)15-10-2-1-3-14-7-10/h1-2,4-7H. The SMILES string of the molecule is Fc1cc(F)cc(Oc2cc[c]nc2)c1. The van der Waals surface area contributed by atoms with Crippen molar-refractivity contribution in [2.24, 2.45) is 0 Å². The van der Waals surface area contributed by atoms with Crippen molar-refractivity contribution < 1.29 is 13.5 Å². The van der Waals surface area contributed by atoms with Crippen LogP contribution in [0, 0.1) is 17.8 Å². The lowest BCUT2D eigenvalue weighted by Gasteiger charge is -2.04. The Morgan fingerprint density at radius 3 is 2.40 bits per heavy atom. The van der Waals surface area contributed by atoms with Crippen LogP contribution in [0.4, 0.5) is 8.78 Å². The first kappa shape index (κ1) is 9.58. The molecule has 1 aromatic heterocycles. The molecule has 0 bridgehead atoms. The molecule has 0 spiro atoms. The number of halogens is 2. The zero-order valence-electron chi connectivity index (χ0n) is 7.58. The van der Waals surface area contributed by atoms with Gasteiger partial charge in [-0.2, -0.15) is 0 Å². The van der Waals surface area contributed by atoms with Crippen LogP contribution in [-0.4, -0.2) is 4.98 Å². The maximum atomic E-state index is 12.8. The maximum Gasteiger partial charge on any atom is 0.145 e. The van der Waals surface area contributed by atoms with Gasteiger partial charge in [-0.25, -0.2) is 8.78 Å². The second kappa shape index (κ2) is 4.04. The van der Waals surface area contributed by atoms with Crippen LogP contribution in [0.5, 0.6) is 11.5 Å². The summed E-state index contributed by atoms with van der Waals surface area (Å²) in [4.78, 5) is 3.69. The molecule has 1 heterocycles. The molecule has 4 heteroatoms. The number of ether oxygens (including phenoxy) is 1. The van der Waals surface area contributed by atoms with E-state index in [1.165, 1.54) is 6.20 Å². The highest BCUT2D eigenvalue weighted by molar-refractivity contribution is 5.29. The van der Waals surface area contributed by atoms with E-state index in [2.05, 4.69) is 11.2 Å². The third kappa shape index (κ3) is 2.49. The summed E-state index contributed by atoms with van der Waals surface area (Å²) in [5.41, 5.74) is 0. The van der Waals surface area contributed by atoms with E-state index < -0.39 is 11.6 Å². The summed E-state index contributed by atoms with van der Waals surface area (Å²) in [7, 11) is 0. The van der Waals surface area contributed by atoms with Gasteiger partial charge in [0.05, 0.1) is 12.4 Å². The van der Waals surface area contributed by atoms with Crippen LogP contribution >= 0.6 is 0 Å². The molecular formula is C11H6F2NO. The molecule has 2 aromatic rings. The van der Waals surface area contributed by atoms with E-state index in [1.54, 1.807) is 12.1 Å². The molecular weight excluding hydrogens is 200 g/mol. The minimum Gasteiger partial charge on any atom is -0.456 e. The van der Waals surface area contributed by atoms with Crippen LogP contribution in [-0.2, 0) is 0 Å². The Bertz CT molecular complexity index is 439. The third-order valence-electron chi connectivity index (χ3n) is 1.66. The molecule has 0 aliphatic rings. The highest BCUT2D eigenvalue weighted by atomic mass is 19.1. The van der Waals surface area contributed by atoms with Crippen molar-refractivity contribution in [3.8, 4) is 11.5 Å². The first-order chi connectivity index (χ1) is 7.24. The van der Waals surface area contributed by atoms with Crippen molar-refractivity contribution in [1.82, 2.24) is 4.98 Å². The Morgan fingerprint density at radius 1 is 1.07 bits per heavy atom. The number of hydrogen-bond acceptors (Lipinski definition) is 2. The van der Waals surface area contributed by atoms with Gasteiger partial charge >= 0.3 is 0 Å². The van der Waals surface area contributed by atoms with E-state index in [9.17, 15) is 8.78 Å². The Balaban J connectivity index is 2.25. The van der Waals surface area contributed by atoms with Crippen LogP contribution < -0.4 is 4.74 Å². The Labute approximate surface area is 85.2 Å². The molecule has 0 aliphatic heterocycles. The van der Waals surface area contributed by atoms with Crippen molar-refractivity contribution in [2.75, 3.05) is 0 Å². The van der Waals surface area contributed by atoms with E-state index in [1.807, 2.05) is 0 Å². The summed E-state index contributed by atoms with van der Waals surface area (Å²) < 4.78 is 30.8. The highest BCUT2D eigenvalue weighted by Gasteiger charge is 2.02. The van der Waals surface area contributed by atoms with Crippen molar-refractivity contribution >= 4 is 0 Å². The van der Waals surface area contributed by atoms with Gasteiger partial charge in [0.1, 0.15) is 23.1 Å². The van der Waals surface area contributed by atoms with Gasteiger partial charge in [0.25, 0.3) is 0 Å². The Kier molecular flexibility index (Phi) is 2.58. The predicted octanol–water partition coefficient (Wildman–Crippen LogP) is 2.95. The van der Waals surface area contributed by atoms with Crippen molar-refractivity contribution in [2.45, 2.75) is 0 Å². The molecule has 75 valence electrons. The quantitative estimate of drug-likeness (QED) is 0.753. The number of nitrogens with zero attached hydrogens (tertiary/aromatic N) is 1. The van der Waals surface area contributed by atoms with Gasteiger partial charge in [-0.1, -0.05) is 0 Å². The Hall–Kier alpha value is -1.97. The van der Waals surface area contributed by atoms with Crippen molar-refractivity contribution in [3.63, 3.8) is 0 Å². The zero-order chi connectivity index (χ0) is 10.7. The topological polar surface area (TPSA) is 22.1 Å². The van der Waals surface area contributed by atoms with Gasteiger partial charge in [-0.05, 0) is 12.1 Å². The smallest absolute Gasteiger partial charge is 0.145 e. The molecule has 0 atom stereocenters. The van der Waals surface area contributed by atoms with Gasteiger partial charge in [0, 0.05) is 18.2 Å². The lowest BCUT2D eigenvalue weighted by atomic mass is 10.3. The number of rotatable bonds is 2. The van der Waals surface area contributed by atoms with E-state index in [0.717, 1.165) is 18.2 Å². The molecule has 0 amide bonds. The van der Waals surface area contributed by atoms with E-state index in [-0.39, 0.29) is 5.75 Å². The molecule has 2 nitrogen and oxygen atoms in total. The van der Waals surface area contributed by atoms with E-state index >= 15 is 0 Å². The fourth-order valence-corrected chi connectivity index (χ4v) is 1.09. The summed E-state index contributed by atoms with van der Waals surface area (Å²) in [5.74, 6) is -0.861. The van der Waals surface area contributed by atoms with Crippen LogP contribution in [0.2, 0.25) is 0 Å². The summed E-state index contributed by atoms with van der Waals surface area (Å²) in [6.45, 7) is 0. The number of benzene rings is 1. The molecule has 1 radical (unpaired) electrons. The largest absolute Gasteiger partial charge is 0.456 e. The molecule has 0 N–H and O–H groups in total. The van der Waals surface area contributed by atoms with Gasteiger partial charge in [-0.3, -0.25) is 4.98 Å².